The normalized spacial score (nSPS) is 17.4. The molecule has 0 aliphatic carbocycles. The van der Waals surface area contributed by atoms with Gasteiger partial charge in [0.2, 0.25) is 5.96 Å². The first kappa shape index (κ1) is 32.1. The monoisotopic (exact) mass is 574 g/mol. The third-order valence-electron chi connectivity index (χ3n) is 6.70. The van der Waals surface area contributed by atoms with Crippen LogP contribution < -0.4 is 15.4 Å². The van der Waals surface area contributed by atoms with Crippen molar-refractivity contribution in [3.63, 3.8) is 0 Å². The predicted molar refractivity (Wildman–Crippen MR) is 157 cm³/mol. The smallest absolute Gasteiger partial charge is 0.414 e. The van der Waals surface area contributed by atoms with Crippen LogP contribution in [0, 0.1) is 0 Å². The summed E-state index contributed by atoms with van der Waals surface area (Å²) in [6.07, 6.45) is 0.284. The average Bonchev–Trinajstić information content (AvgIpc) is 2.86. The summed E-state index contributed by atoms with van der Waals surface area (Å²) in [6.45, 7) is 16.0. The second-order valence-electron chi connectivity index (χ2n) is 12.5. The van der Waals surface area contributed by atoms with E-state index in [0.717, 1.165) is 39.0 Å². The summed E-state index contributed by atoms with van der Waals surface area (Å²) in [5.41, 5.74) is -0.764. The third kappa shape index (κ3) is 10.2. The van der Waals surface area contributed by atoms with Gasteiger partial charge in [0.05, 0.1) is 7.11 Å². The van der Waals surface area contributed by atoms with Crippen molar-refractivity contribution in [2.45, 2.75) is 71.6 Å². The summed E-state index contributed by atoms with van der Waals surface area (Å²) >= 11 is 0. The molecule has 0 aromatic heterocycles. The number of nitrogens with zero attached hydrogens (tertiary/aromatic N) is 4. The molecule has 0 saturated carbocycles. The maximum absolute atomic E-state index is 13.4. The molecule has 2 N–H and O–H groups in total. The SMILES string of the molecule is COc1cc(C(=O)N2CCC(N3CCN(C)CC3)CC2)ccc1N=C(NC(=O)OC(C)(C)C)NC(=O)OC(C)(C)C. The number of piperazine rings is 1. The van der Waals surface area contributed by atoms with Gasteiger partial charge in [-0.2, -0.15) is 0 Å². The Morgan fingerprint density at radius 2 is 1.39 bits per heavy atom. The number of methoxy groups -OCH3 is 1. The summed E-state index contributed by atoms with van der Waals surface area (Å²) in [4.78, 5) is 49.4. The zero-order chi connectivity index (χ0) is 30.4. The lowest BCUT2D eigenvalue weighted by molar-refractivity contribution is 0.0514. The molecular weight excluding hydrogens is 528 g/mol. The molecule has 228 valence electrons. The summed E-state index contributed by atoms with van der Waals surface area (Å²) in [7, 11) is 3.62. The molecule has 2 aliphatic heterocycles. The number of nitrogens with one attached hydrogen (secondary N) is 2. The molecule has 12 heteroatoms. The van der Waals surface area contributed by atoms with Crippen molar-refractivity contribution >= 4 is 29.7 Å². The van der Waals surface area contributed by atoms with E-state index in [1.807, 2.05) is 4.90 Å². The Morgan fingerprint density at radius 3 is 1.88 bits per heavy atom. The van der Waals surface area contributed by atoms with Crippen molar-refractivity contribution in [3.05, 3.63) is 23.8 Å². The van der Waals surface area contributed by atoms with E-state index in [2.05, 4.69) is 32.5 Å². The minimum absolute atomic E-state index is 0.0744. The fourth-order valence-electron chi connectivity index (χ4n) is 4.71. The maximum Gasteiger partial charge on any atom is 0.414 e. The van der Waals surface area contributed by atoms with Crippen LogP contribution in [0.4, 0.5) is 15.3 Å². The van der Waals surface area contributed by atoms with Gasteiger partial charge in [-0.25, -0.2) is 14.6 Å². The Kier molecular flexibility index (Phi) is 10.6. The number of carbonyl (C=O) groups is 3. The molecule has 2 fully saturated rings. The number of likely N-dealkylation sites (tertiary alicyclic amines) is 1. The van der Waals surface area contributed by atoms with Crippen molar-refractivity contribution in [3.8, 4) is 5.75 Å². The number of amides is 3. The largest absolute Gasteiger partial charge is 0.494 e. The van der Waals surface area contributed by atoms with Crippen molar-refractivity contribution in [1.82, 2.24) is 25.3 Å². The Morgan fingerprint density at radius 1 is 0.854 bits per heavy atom. The first-order chi connectivity index (χ1) is 19.1. The van der Waals surface area contributed by atoms with E-state index in [9.17, 15) is 14.4 Å². The maximum atomic E-state index is 13.4. The Bertz CT molecular complexity index is 1080. The first-order valence-electron chi connectivity index (χ1n) is 14.1. The lowest BCUT2D eigenvalue weighted by Gasteiger charge is -2.42. The van der Waals surface area contributed by atoms with Crippen LogP contribution in [0.25, 0.3) is 0 Å². The van der Waals surface area contributed by atoms with Crippen LogP contribution in [0.5, 0.6) is 5.75 Å². The fraction of sp³-hybridized carbons (Fsp3) is 0.655. The lowest BCUT2D eigenvalue weighted by atomic mass is 10.0. The zero-order valence-electron chi connectivity index (χ0n) is 25.7. The molecule has 12 nitrogen and oxygen atoms in total. The first-order valence-corrected chi connectivity index (χ1v) is 14.1. The highest BCUT2D eigenvalue weighted by atomic mass is 16.6. The van der Waals surface area contributed by atoms with Crippen molar-refractivity contribution in [1.29, 1.82) is 0 Å². The van der Waals surface area contributed by atoms with E-state index < -0.39 is 23.4 Å². The summed E-state index contributed by atoms with van der Waals surface area (Å²) in [6, 6.07) is 5.39. The van der Waals surface area contributed by atoms with Gasteiger partial charge in [0, 0.05) is 50.9 Å². The quantitative estimate of drug-likeness (QED) is 0.413. The summed E-state index contributed by atoms with van der Waals surface area (Å²) in [5.74, 6) is 0.0177. The van der Waals surface area contributed by atoms with Crippen LogP contribution in [0.15, 0.2) is 23.2 Å². The van der Waals surface area contributed by atoms with Gasteiger partial charge >= 0.3 is 12.2 Å². The van der Waals surface area contributed by atoms with E-state index in [0.29, 0.717) is 36.1 Å². The molecule has 0 bridgehead atoms. The summed E-state index contributed by atoms with van der Waals surface area (Å²) < 4.78 is 16.1. The van der Waals surface area contributed by atoms with E-state index in [4.69, 9.17) is 14.2 Å². The second kappa shape index (κ2) is 13.5. The number of likely N-dealkylation sites (N-methyl/N-ethyl adjacent to an activating group) is 1. The predicted octanol–water partition coefficient (Wildman–Crippen LogP) is 3.58. The average molecular weight is 575 g/mol. The number of alkyl carbamates (subject to hydrolysis) is 2. The molecule has 2 heterocycles. The Hall–Kier alpha value is -3.38. The molecule has 0 radical (unpaired) electrons. The Balaban J connectivity index is 1.73. The molecule has 0 unspecified atom stereocenters. The molecule has 3 amide bonds. The fourth-order valence-corrected chi connectivity index (χ4v) is 4.71. The minimum atomic E-state index is -0.807. The van der Waals surface area contributed by atoms with E-state index in [-0.39, 0.29) is 11.9 Å². The van der Waals surface area contributed by atoms with Gasteiger partial charge in [0.25, 0.3) is 5.91 Å². The van der Waals surface area contributed by atoms with Crippen LogP contribution in [0.3, 0.4) is 0 Å². The van der Waals surface area contributed by atoms with Gasteiger partial charge < -0.3 is 24.0 Å². The highest BCUT2D eigenvalue weighted by molar-refractivity contribution is 6.03. The molecule has 2 aliphatic rings. The Labute approximate surface area is 243 Å². The van der Waals surface area contributed by atoms with E-state index in [1.54, 1.807) is 59.7 Å². The molecule has 1 aromatic rings. The summed E-state index contributed by atoms with van der Waals surface area (Å²) in [5, 5.41) is 4.90. The number of ether oxygens (including phenoxy) is 3. The van der Waals surface area contributed by atoms with Crippen LogP contribution in [0.2, 0.25) is 0 Å². The minimum Gasteiger partial charge on any atom is -0.494 e. The highest BCUT2D eigenvalue weighted by Crippen LogP contribution is 2.30. The highest BCUT2D eigenvalue weighted by Gasteiger charge is 2.29. The molecule has 2 saturated heterocycles. The van der Waals surface area contributed by atoms with Gasteiger partial charge in [-0.3, -0.25) is 20.3 Å². The molecule has 41 heavy (non-hydrogen) atoms. The van der Waals surface area contributed by atoms with Crippen LogP contribution in [0.1, 0.15) is 64.7 Å². The number of piperidine rings is 1. The van der Waals surface area contributed by atoms with E-state index >= 15 is 0 Å². The zero-order valence-corrected chi connectivity index (χ0v) is 25.7. The van der Waals surface area contributed by atoms with Crippen molar-refractivity contribution in [2.75, 3.05) is 53.4 Å². The molecule has 1 aromatic carbocycles. The van der Waals surface area contributed by atoms with Crippen LogP contribution in [-0.4, -0.2) is 109 Å². The van der Waals surface area contributed by atoms with Crippen molar-refractivity contribution in [2.24, 2.45) is 4.99 Å². The van der Waals surface area contributed by atoms with Gasteiger partial charge in [0.15, 0.2) is 0 Å². The molecule has 3 rings (SSSR count). The number of carbonyl (C=O) groups excluding carboxylic acids is 3. The lowest BCUT2D eigenvalue weighted by Crippen LogP contribution is -2.52. The number of guanidine groups is 1. The molecule has 0 spiro atoms. The number of hydrogen-bond acceptors (Lipinski definition) is 9. The number of rotatable bonds is 4. The number of hydrogen-bond donors (Lipinski definition) is 2. The third-order valence-corrected chi connectivity index (χ3v) is 6.70. The number of benzene rings is 1. The van der Waals surface area contributed by atoms with Crippen LogP contribution >= 0.6 is 0 Å². The van der Waals surface area contributed by atoms with E-state index in [1.165, 1.54) is 7.11 Å². The van der Waals surface area contributed by atoms with Crippen LogP contribution in [-0.2, 0) is 9.47 Å². The van der Waals surface area contributed by atoms with Gasteiger partial charge in [-0.1, -0.05) is 0 Å². The van der Waals surface area contributed by atoms with Gasteiger partial charge in [0.1, 0.15) is 22.6 Å². The molecule has 0 atom stereocenters. The standard InChI is InChI=1S/C29H46N6O6/c1-28(2,3)40-26(37)31-25(32-27(38)41-29(4,5)6)30-22-10-9-20(19-23(22)39-8)24(36)35-13-11-21(12-14-35)34-17-15-33(7)16-18-34/h9-10,19,21H,11-18H2,1-8H3,(H2,30,31,32,37,38). The second-order valence-corrected chi connectivity index (χ2v) is 12.5. The van der Waals surface area contributed by atoms with Gasteiger partial charge in [-0.05, 0) is 79.6 Å². The topological polar surface area (TPSA) is 125 Å². The van der Waals surface area contributed by atoms with Crippen molar-refractivity contribution < 1.29 is 28.6 Å². The number of aliphatic imine (C=N–C) groups is 1. The van der Waals surface area contributed by atoms with Gasteiger partial charge in [-0.15, -0.1) is 0 Å². The molecular formula is C29H46N6O6.